The zero-order chi connectivity index (χ0) is 26.2. The molecule has 8 heteroatoms. The summed E-state index contributed by atoms with van der Waals surface area (Å²) < 4.78 is 6.06. The molecule has 0 aliphatic heterocycles. The van der Waals surface area contributed by atoms with Gasteiger partial charge in [-0.25, -0.2) is 4.79 Å². The average Bonchev–Trinajstić information content (AvgIpc) is 3.62. The van der Waals surface area contributed by atoms with Gasteiger partial charge < -0.3 is 15.6 Å². The van der Waals surface area contributed by atoms with Crippen LogP contribution in [0.3, 0.4) is 0 Å². The summed E-state index contributed by atoms with van der Waals surface area (Å²) >= 11 is 7.63. The van der Waals surface area contributed by atoms with E-state index in [9.17, 15) is 14.7 Å². The van der Waals surface area contributed by atoms with Crippen molar-refractivity contribution in [3.63, 3.8) is 0 Å². The summed E-state index contributed by atoms with van der Waals surface area (Å²) in [5.41, 5.74) is 11.0. The van der Waals surface area contributed by atoms with E-state index in [1.165, 1.54) is 11.3 Å². The Morgan fingerprint density at radius 2 is 1.70 bits per heavy atom. The average molecular weight is 533 g/mol. The van der Waals surface area contributed by atoms with Crippen molar-refractivity contribution in [2.24, 2.45) is 0 Å². The Kier molecular flexibility index (Phi) is 6.67. The highest BCUT2D eigenvalue weighted by Crippen LogP contribution is 2.49. The van der Waals surface area contributed by atoms with Gasteiger partial charge in [-0.3, -0.25) is 10.1 Å². The Morgan fingerprint density at radius 3 is 2.32 bits per heavy atom. The van der Waals surface area contributed by atoms with Gasteiger partial charge in [0.2, 0.25) is 0 Å². The van der Waals surface area contributed by atoms with Crippen molar-refractivity contribution >= 4 is 46.4 Å². The third-order valence-corrected chi connectivity index (χ3v) is 8.03. The number of rotatable bonds is 7. The molecule has 3 aromatic carbocycles. The molecular formula is C29H25ClN2O4S. The first-order chi connectivity index (χ1) is 17.8. The second-order valence-corrected chi connectivity index (χ2v) is 10.8. The fourth-order valence-corrected chi connectivity index (χ4v) is 5.62. The van der Waals surface area contributed by atoms with Crippen molar-refractivity contribution in [2.75, 3.05) is 11.1 Å². The van der Waals surface area contributed by atoms with Gasteiger partial charge in [-0.1, -0.05) is 78.3 Å². The van der Waals surface area contributed by atoms with Gasteiger partial charge in [-0.2, -0.15) is 0 Å². The third kappa shape index (κ3) is 5.05. The summed E-state index contributed by atoms with van der Waals surface area (Å²) in [5, 5.41) is 12.3. The molecule has 1 aromatic heterocycles. The molecule has 4 N–H and O–H groups in total. The number of nitrogen functional groups attached to an aromatic ring is 1. The maximum Gasteiger partial charge on any atom is 0.412 e. The van der Waals surface area contributed by atoms with Crippen molar-refractivity contribution in [1.29, 1.82) is 0 Å². The number of amides is 1. The highest BCUT2D eigenvalue weighted by molar-refractivity contribution is 7.20. The molecule has 0 saturated heterocycles. The molecule has 0 unspecified atom stereocenters. The normalized spacial score (nSPS) is 14.5. The molecular weight excluding hydrogens is 508 g/mol. The first kappa shape index (κ1) is 24.9. The van der Waals surface area contributed by atoms with Crippen molar-refractivity contribution < 1.29 is 19.4 Å². The van der Waals surface area contributed by atoms with E-state index in [1.54, 1.807) is 6.07 Å². The number of benzene rings is 3. The highest BCUT2D eigenvalue weighted by Gasteiger charge is 2.51. The molecule has 5 rings (SSSR count). The van der Waals surface area contributed by atoms with Gasteiger partial charge in [0.15, 0.2) is 0 Å². The first-order valence-electron chi connectivity index (χ1n) is 11.8. The number of carboxylic acids is 1. The number of thiophene rings is 1. The molecule has 1 heterocycles. The zero-order valence-corrected chi connectivity index (χ0v) is 21.6. The molecule has 1 aliphatic carbocycles. The molecule has 1 fully saturated rings. The smallest absolute Gasteiger partial charge is 0.412 e. The Labute approximate surface area is 223 Å². The number of ether oxygens (including phenoxy) is 1. The summed E-state index contributed by atoms with van der Waals surface area (Å²) in [4.78, 5) is 25.0. The van der Waals surface area contributed by atoms with E-state index in [0.717, 1.165) is 32.7 Å². The third-order valence-electron chi connectivity index (χ3n) is 6.71. The lowest BCUT2D eigenvalue weighted by molar-refractivity contribution is -0.140. The minimum absolute atomic E-state index is 0.412. The number of carbonyl (C=O) groups excluding carboxylic acids is 1. The number of carboxylic acid groups (broad SMARTS) is 1. The topological polar surface area (TPSA) is 102 Å². The van der Waals surface area contributed by atoms with Crippen molar-refractivity contribution in [3.05, 3.63) is 94.3 Å². The van der Waals surface area contributed by atoms with Crippen LogP contribution in [-0.2, 0) is 14.9 Å². The molecule has 1 amide bonds. The van der Waals surface area contributed by atoms with Crippen LogP contribution in [0.15, 0.2) is 78.9 Å². The van der Waals surface area contributed by atoms with Crippen LogP contribution in [0.2, 0.25) is 4.34 Å². The maximum absolute atomic E-state index is 12.6. The standard InChI is InChI=1S/C29H25ClN2O4S/c1-17(18-5-3-2-4-6-18)36-28(35)32-24-16-25(30)37-26(24)20-9-12-22(23(31)15-20)19-7-10-21(11-8-19)29(13-14-29)27(33)34/h2-12,15-17H,13-14,31H2,1H3,(H,32,35)(H,33,34)/t17-/m1/s1. The molecule has 188 valence electrons. The molecule has 1 saturated carbocycles. The van der Waals surface area contributed by atoms with E-state index in [1.807, 2.05) is 79.7 Å². The van der Waals surface area contributed by atoms with E-state index >= 15 is 0 Å². The SMILES string of the molecule is C[C@@H](OC(=O)Nc1cc(Cl)sc1-c1ccc(-c2ccc(C3(C(=O)O)CC3)cc2)c(N)c1)c1ccccc1. The van der Waals surface area contributed by atoms with Gasteiger partial charge in [-0.15, -0.1) is 11.3 Å². The van der Waals surface area contributed by atoms with E-state index in [2.05, 4.69) is 5.32 Å². The van der Waals surface area contributed by atoms with E-state index in [-0.39, 0.29) is 0 Å². The van der Waals surface area contributed by atoms with Crippen LogP contribution < -0.4 is 11.1 Å². The van der Waals surface area contributed by atoms with Gasteiger partial charge in [0.05, 0.1) is 20.3 Å². The summed E-state index contributed by atoms with van der Waals surface area (Å²) in [5.74, 6) is -0.776. The number of anilines is 2. The number of hydrogen-bond donors (Lipinski definition) is 3. The fraction of sp³-hybridized carbons (Fsp3) is 0.172. The van der Waals surface area contributed by atoms with Crippen LogP contribution in [0.25, 0.3) is 21.6 Å². The predicted octanol–water partition coefficient (Wildman–Crippen LogP) is 7.74. The zero-order valence-electron chi connectivity index (χ0n) is 20.0. The second kappa shape index (κ2) is 9.92. The van der Waals surface area contributed by atoms with Crippen LogP contribution in [0.1, 0.15) is 37.0 Å². The summed E-state index contributed by atoms with van der Waals surface area (Å²) in [6.45, 7) is 1.81. The Morgan fingerprint density at radius 1 is 1.03 bits per heavy atom. The Hall–Kier alpha value is -3.81. The number of nitrogens with two attached hydrogens (primary N) is 1. The van der Waals surface area contributed by atoms with Crippen molar-refractivity contribution in [3.8, 4) is 21.6 Å². The van der Waals surface area contributed by atoms with Crippen LogP contribution in [-0.4, -0.2) is 17.2 Å². The Balaban J connectivity index is 1.34. The molecule has 0 bridgehead atoms. The van der Waals surface area contributed by atoms with E-state index < -0.39 is 23.6 Å². The highest BCUT2D eigenvalue weighted by atomic mass is 35.5. The van der Waals surface area contributed by atoms with Gasteiger partial charge >= 0.3 is 12.1 Å². The number of hydrogen-bond acceptors (Lipinski definition) is 5. The monoisotopic (exact) mass is 532 g/mol. The lowest BCUT2D eigenvalue weighted by Crippen LogP contribution is -2.19. The largest absolute Gasteiger partial charge is 0.481 e. The molecule has 4 aromatic rings. The second-order valence-electron chi connectivity index (χ2n) is 9.14. The summed E-state index contributed by atoms with van der Waals surface area (Å²) in [7, 11) is 0. The van der Waals surface area contributed by atoms with Crippen molar-refractivity contribution in [1.82, 2.24) is 0 Å². The Bertz CT molecular complexity index is 1460. The molecule has 6 nitrogen and oxygen atoms in total. The quantitative estimate of drug-likeness (QED) is 0.211. The van der Waals surface area contributed by atoms with Crippen LogP contribution in [0, 0.1) is 0 Å². The molecule has 1 atom stereocenters. The van der Waals surface area contributed by atoms with Crippen LogP contribution >= 0.6 is 22.9 Å². The lowest BCUT2D eigenvalue weighted by atomic mass is 9.93. The molecule has 37 heavy (non-hydrogen) atoms. The minimum atomic E-state index is -0.776. The molecule has 0 spiro atoms. The predicted molar refractivity (Wildman–Crippen MR) is 148 cm³/mol. The van der Waals surface area contributed by atoms with E-state index in [4.69, 9.17) is 22.1 Å². The summed E-state index contributed by atoms with van der Waals surface area (Å²) in [6, 6.07) is 24.4. The maximum atomic E-state index is 12.6. The fourth-order valence-electron chi connectivity index (χ4n) is 4.45. The van der Waals surface area contributed by atoms with Gasteiger partial charge in [0.1, 0.15) is 6.10 Å². The number of halogens is 1. The summed E-state index contributed by atoms with van der Waals surface area (Å²) in [6.07, 6.45) is 0.338. The van der Waals surface area contributed by atoms with Crippen LogP contribution in [0.5, 0.6) is 0 Å². The van der Waals surface area contributed by atoms with Gasteiger partial charge in [0.25, 0.3) is 0 Å². The van der Waals surface area contributed by atoms with Gasteiger partial charge in [0, 0.05) is 11.3 Å². The number of nitrogens with one attached hydrogen (secondary N) is 1. The van der Waals surface area contributed by atoms with Crippen molar-refractivity contribution in [2.45, 2.75) is 31.3 Å². The number of aliphatic carboxylic acids is 1. The minimum Gasteiger partial charge on any atom is -0.481 e. The lowest BCUT2D eigenvalue weighted by Gasteiger charge is -2.15. The molecule has 0 radical (unpaired) electrons. The molecule has 1 aliphatic rings. The van der Waals surface area contributed by atoms with E-state index in [0.29, 0.717) is 28.6 Å². The first-order valence-corrected chi connectivity index (χ1v) is 13.0. The number of carbonyl (C=O) groups is 2. The van der Waals surface area contributed by atoms with Gasteiger partial charge in [-0.05, 0) is 54.2 Å². The van der Waals surface area contributed by atoms with Crippen LogP contribution in [0.4, 0.5) is 16.2 Å².